The molecule has 3 nitrogen and oxygen atoms in total. The lowest BCUT2D eigenvalue weighted by molar-refractivity contribution is -0.143. The van der Waals surface area contributed by atoms with Gasteiger partial charge < -0.3 is 4.74 Å². The molecule has 1 heterocycles. The number of benzene rings is 1. The van der Waals surface area contributed by atoms with Crippen LogP contribution in [0.15, 0.2) is 29.3 Å². The van der Waals surface area contributed by atoms with E-state index in [2.05, 4.69) is 4.99 Å². The lowest BCUT2D eigenvalue weighted by Gasteiger charge is -2.22. The smallest absolute Gasteiger partial charge is 0.307 e. The number of carbonyl (C=O) groups is 1. The lowest BCUT2D eigenvalue weighted by Crippen LogP contribution is -2.11. The Morgan fingerprint density at radius 2 is 2.24 bits per heavy atom. The van der Waals surface area contributed by atoms with E-state index in [0.717, 1.165) is 16.3 Å². The van der Waals surface area contributed by atoms with Crippen molar-refractivity contribution in [2.75, 3.05) is 6.61 Å². The Labute approximate surface area is 105 Å². The first-order valence-corrected chi connectivity index (χ1v) is 6.55. The van der Waals surface area contributed by atoms with Crippen molar-refractivity contribution in [3.05, 3.63) is 29.8 Å². The Kier molecular flexibility index (Phi) is 3.84. The van der Waals surface area contributed by atoms with Crippen molar-refractivity contribution in [3.63, 3.8) is 0 Å². The van der Waals surface area contributed by atoms with Gasteiger partial charge in [-0.25, -0.2) is 4.99 Å². The molecule has 0 N–H and O–H groups in total. The van der Waals surface area contributed by atoms with Crippen LogP contribution in [-0.2, 0) is 9.53 Å². The maximum Gasteiger partial charge on any atom is 0.307 e. The number of hydrogen-bond acceptors (Lipinski definition) is 4. The fraction of sp³-hybridized carbons (Fsp3) is 0.385. The highest BCUT2D eigenvalue weighted by Gasteiger charge is 2.24. The third-order valence-electron chi connectivity index (χ3n) is 2.53. The summed E-state index contributed by atoms with van der Waals surface area (Å²) in [6.45, 7) is 4.23. The summed E-state index contributed by atoms with van der Waals surface area (Å²) in [4.78, 5) is 16.0. The molecule has 0 spiro atoms. The van der Waals surface area contributed by atoms with Gasteiger partial charge in [-0.05, 0) is 25.5 Å². The minimum Gasteiger partial charge on any atom is -0.466 e. The molecule has 0 saturated heterocycles. The van der Waals surface area contributed by atoms with E-state index in [9.17, 15) is 4.79 Å². The normalized spacial score (nSPS) is 18.2. The molecule has 0 aliphatic carbocycles. The van der Waals surface area contributed by atoms with Crippen LogP contribution in [0, 0.1) is 0 Å². The number of esters is 1. The second-order valence-electron chi connectivity index (χ2n) is 3.81. The van der Waals surface area contributed by atoms with Crippen molar-refractivity contribution in [2.45, 2.75) is 25.5 Å². The van der Waals surface area contributed by atoms with Crippen molar-refractivity contribution in [1.29, 1.82) is 0 Å². The average molecular weight is 249 g/mol. The van der Waals surface area contributed by atoms with Crippen molar-refractivity contribution >= 4 is 28.5 Å². The van der Waals surface area contributed by atoms with E-state index in [4.69, 9.17) is 4.74 Å². The first-order chi connectivity index (χ1) is 8.20. The SMILES string of the molecule is CCOC(=O)CC1SC(C)=Nc2ccccc21. The van der Waals surface area contributed by atoms with E-state index in [1.165, 1.54) is 0 Å². The van der Waals surface area contributed by atoms with Crippen LogP contribution in [0.3, 0.4) is 0 Å². The van der Waals surface area contributed by atoms with Gasteiger partial charge >= 0.3 is 5.97 Å². The Morgan fingerprint density at radius 3 is 3.00 bits per heavy atom. The number of rotatable bonds is 3. The van der Waals surface area contributed by atoms with Crippen LogP contribution in [0.2, 0.25) is 0 Å². The van der Waals surface area contributed by atoms with Crippen LogP contribution >= 0.6 is 11.8 Å². The van der Waals surface area contributed by atoms with E-state index in [1.54, 1.807) is 11.8 Å². The molecule has 2 rings (SSSR count). The molecule has 1 aliphatic rings. The second-order valence-corrected chi connectivity index (χ2v) is 5.20. The molecule has 1 atom stereocenters. The van der Waals surface area contributed by atoms with E-state index in [-0.39, 0.29) is 11.2 Å². The van der Waals surface area contributed by atoms with Crippen molar-refractivity contribution < 1.29 is 9.53 Å². The third-order valence-corrected chi connectivity index (χ3v) is 3.67. The summed E-state index contributed by atoms with van der Waals surface area (Å²) < 4.78 is 5.00. The monoisotopic (exact) mass is 249 g/mol. The second kappa shape index (κ2) is 5.36. The van der Waals surface area contributed by atoms with Crippen molar-refractivity contribution in [1.82, 2.24) is 0 Å². The van der Waals surface area contributed by atoms with Crippen LogP contribution in [0.1, 0.15) is 31.1 Å². The van der Waals surface area contributed by atoms with Gasteiger partial charge in [0.25, 0.3) is 0 Å². The van der Waals surface area contributed by atoms with E-state index >= 15 is 0 Å². The number of hydrogen-bond donors (Lipinski definition) is 0. The molecule has 0 amide bonds. The summed E-state index contributed by atoms with van der Waals surface area (Å²) >= 11 is 1.63. The first kappa shape index (κ1) is 12.2. The molecule has 17 heavy (non-hydrogen) atoms. The predicted molar refractivity (Wildman–Crippen MR) is 70.8 cm³/mol. The number of thioether (sulfide) groups is 1. The molecule has 0 radical (unpaired) electrons. The molecule has 0 aromatic heterocycles. The van der Waals surface area contributed by atoms with Crippen molar-refractivity contribution in [2.24, 2.45) is 4.99 Å². The van der Waals surface area contributed by atoms with Gasteiger partial charge in [-0.1, -0.05) is 18.2 Å². The zero-order valence-corrected chi connectivity index (χ0v) is 10.8. The van der Waals surface area contributed by atoms with Gasteiger partial charge in [-0.3, -0.25) is 4.79 Å². The van der Waals surface area contributed by atoms with Gasteiger partial charge in [0.1, 0.15) is 0 Å². The molecule has 4 heteroatoms. The molecular weight excluding hydrogens is 234 g/mol. The van der Waals surface area contributed by atoms with Crippen LogP contribution in [0.5, 0.6) is 0 Å². The lowest BCUT2D eigenvalue weighted by atomic mass is 10.1. The number of aliphatic imine (C=N–C) groups is 1. The third kappa shape index (κ3) is 2.88. The summed E-state index contributed by atoms with van der Waals surface area (Å²) in [6.07, 6.45) is 0.405. The van der Waals surface area contributed by atoms with Gasteiger partial charge in [0, 0.05) is 5.25 Å². The summed E-state index contributed by atoms with van der Waals surface area (Å²) in [6, 6.07) is 7.96. The Bertz CT molecular complexity index is 456. The van der Waals surface area contributed by atoms with E-state index in [0.29, 0.717) is 13.0 Å². The number of ether oxygens (including phenoxy) is 1. The molecule has 1 aromatic rings. The molecule has 1 aliphatic heterocycles. The summed E-state index contributed by atoms with van der Waals surface area (Å²) in [7, 11) is 0. The minimum atomic E-state index is -0.144. The maximum absolute atomic E-state index is 11.6. The zero-order valence-electron chi connectivity index (χ0n) is 9.97. The van der Waals surface area contributed by atoms with Crippen molar-refractivity contribution in [3.8, 4) is 0 Å². The molecular formula is C13H15NO2S. The average Bonchev–Trinajstić information content (AvgIpc) is 2.29. The van der Waals surface area contributed by atoms with Gasteiger partial charge in [-0.2, -0.15) is 0 Å². The van der Waals surface area contributed by atoms with Crippen LogP contribution in [-0.4, -0.2) is 17.6 Å². The maximum atomic E-state index is 11.6. The van der Waals surface area contributed by atoms with E-state index in [1.807, 2.05) is 38.1 Å². The number of carbonyl (C=O) groups excluding carboxylic acids is 1. The fourth-order valence-corrected chi connectivity index (χ4v) is 2.96. The van der Waals surface area contributed by atoms with Gasteiger partial charge in [-0.15, -0.1) is 11.8 Å². The highest BCUT2D eigenvalue weighted by molar-refractivity contribution is 8.14. The van der Waals surface area contributed by atoms with Gasteiger partial charge in [0.2, 0.25) is 0 Å². The molecule has 0 bridgehead atoms. The molecule has 0 fully saturated rings. The Morgan fingerprint density at radius 1 is 1.47 bits per heavy atom. The fourth-order valence-electron chi connectivity index (χ4n) is 1.85. The van der Waals surface area contributed by atoms with Crippen LogP contribution in [0.4, 0.5) is 5.69 Å². The predicted octanol–water partition coefficient (Wildman–Crippen LogP) is 3.48. The molecule has 1 unspecified atom stereocenters. The Balaban J connectivity index is 2.20. The summed E-state index contributed by atoms with van der Waals surface area (Å²) in [5.41, 5.74) is 2.09. The van der Waals surface area contributed by atoms with Gasteiger partial charge in [0.05, 0.1) is 23.8 Å². The quantitative estimate of drug-likeness (QED) is 0.770. The number of fused-ring (bicyclic) bond motifs is 1. The zero-order chi connectivity index (χ0) is 12.3. The van der Waals surface area contributed by atoms with Crippen LogP contribution in [0.25, 0.3) is 0 Å². The van der Waals surface area contributed by atoms with Gasteiger partial charge in [0.15, 0.2) is 0 Å². The Hall–Kier alpha value is -1.29. The van der Waals surface area contributed by atoms with Crippen LogP contribution < -0.4 is 0 Å². The molecule has 0 saturated carbocycles. The highest BCUT2D eigenvalue weighted by atomic mass is 32.2. The van der Waals surface area contributed by atoms with E-state index < -0.39 is 0 Å². The highest BCUT2D eigenvalue weighted by Crippen LogP contribution is 2.42. The number of nitrogens with zero attached hydrogens (tertiary/aromatic N) is 1. The summed E-state index contributed by atoms with van der Waals surface area (Å²) in [5, 5.41) is 1.13. The standard InChI is InChI=1S/C13H15NO2S/c1-3-16-13(15)8-12-10-6-4-5-7-11(10)14-9(2)17-12/h4-7,12H,3,8H2,1-2H3. The summed E-state index contributed by atoms with van der Waals surface area (Å²) in [5.74, 6) is -0.144. The topological polar surface area (TPSA) is 38.7 Å². The largest absolute Gasteiger partial charge is 0.466 e. The number of para-hydroxylation sites is 1. The molecule has 90 valence electrons. The molecule has 1 aromatic carbocycles. The first-order valence-electron chi connectivity index (χ1n) is 5.67. The minimum absolute atomic E-state index is 0.128.